The van der Waals surface area contributed by atoms with E-state index in [0.717, 1.165) is 20.8 Å². The van der Waals surface area contributed by atoms with Gasteiger partial charge in [-0.15, -0.1) is 0 Å². The molecule has 70 heavy (non-hydrogen) atoms. The van der Waals surface area contributed by atoms with Crippen molar-refractivity contribution >= 4 is 23.7 Å². The maximum Gasteiger partial charge on any atom is 0.364 e. The standard InChI is InChI=1S/C39H67N3O28/c1-11-23(53)29(59)30(60)36(64-11)69-34-33(68-35-22(42-14(4)49)28(58)26(56)19(8-45)65-35)27(57)20(9-46)66-37(34)67-31(15(6-43)40-12(2)47)25(55)18(52)10-63-39(38(61)62)5-16(50)21(41-13(3)48)32(70-39)24(54)17(51)7-44/h11,15-37,43-46,50-60H,5-10H2,1-4H3,(H,40,47)(H,41,48)(H,42,49)(H,61,62)/t11-,15-,16-,17+,18+,19+,20+,21+,22+,23+,24+,25-,26-,27-,28+,29+,30-,31+,32+,33-,34+,35+,36+,37-,39-/m0/s1. The summed E-state index contributed by atoms with van der Waals surface area (Å²) in [6, 6.07) is -5.13. The first-order chi connectivity index (χ1) is 32.8. The van der Waals surface area contributed by atoms with Crippen LogP contribution in [0.15, 0.2) is 0 Å². The van der Waals surface area contributed by atoms with Gasteiger partial charge in [0.15, 0.2) is 18.9 Å². The summed E-state index contributed by atoms with van der Waals surface area (Å²) in [4.78, 5) is 49.5. The maximum atomic E-state index is 12.8. The predicted molar refractivity (Wildman–Crippen MR) is 219 cm³/mol. The largest absolute Gasteiger partial charge is 0.477 e. The second-order valence-corrected chi connectivity index (χ2v) is 17.4. The summed E-state index contributed by atoms with van der Waals surface area (Å²) in [7, 11) is 0. The predicted octanol–water partition coefficient (Wildman–Crippen LogP) is -11.6. The molecule has 0 aromatic rings. The fraction of sp³-hybridized carbons (Fsp3) is 0.897. The molecule has 4 aliphatic rings. The molecule has 0 saturated carbocycles. The zero-order chi connectivity index (χ0) is 52.7. The van der Waals surface area contributed by atoms with Crippen molar-refractivity contribution in [3.05, 3.63) is 0 Å². The van der Waals surface area contributed by atoms with Gasteiger partial charge in [0.25, 0.3) is 5.79 Å². The second kappa shape index (κ2) is 25.8. The monoisotopic (exact) mass is 1030 g/mol. The van der Waals surface area contributed by atoms with E-state index in [1.54, 1.807) is 0 Å². The number of hydrogen-bond donors (Lipinski definition) is 19. The third kappa shape index (κ3) is 13.8. The van der Waals surface area contributed by atoms with Crippen LogP contribution in [0, 0.1) is 0 Å². The van der Waals surface area contributed by atoms with Crippen molar-refractivity contribution in [2.45, 2.75) is 187 Å². The molecule has 19 N–H and O–H groups in total. The second-order valence-electron chi connectivity index (χ2n) is 17.4. The van der Waals surface area contributed by atoms with E-state index in [9.17, 15) is 101 Å². The van der Waals surface area contributed by atoms with Crippen LogP contribution in [0.25, 0.3) is 0 Å². The Hall–Kier alpha value is -3.04. The summed E-state index contributed by atoms with van der Waals surface area (Å²) in [5.74, 6) is -7.60. The minimum absolute atomic E-state index is 0.805. The summed E-state index contributed by atoms with van der Waals surface area (Å²) in [6.07, 6.45) is -43.2. The van der Waals surface area contributed by atoms with Crippen LogP contribution in [0.5, 0.6) is 0 Å². The van der Waals surface area contributed by atoms with Crippen molar-refractivity contribution in [2.75, 3.05) is 33.0 Å². The fourth-order valence-corrected chi connectivity index (χ4v) is 8.35. The molecule has 3 amide bonds. The van der Waals surface area contributed by atoms with Crippen LogP contribution in [0.1, 0.15) is 34.1 Å². The summed E-state index contributed by atoms with van der Waals surface area (Å²) < 4.78 is 46.2. The van der Waals surface area contributed by atoms with Crippen LogP contribution in [-0.4, -0.2) is 291 Å². The summed E-state index contributed by atoms with van der Waals surface area (Å²) in [5, 5.41) is 178. The molecule has 4 saturated heterocycles. The van der Waals surface area contributed by atoms with Crippen LogP contribution in [0.3, 0.4) is 0 Å². The number of rotatable bonds is 22. The van der Waals surface area contributed by atoms with Crippen molar-refractivity contribution in [3.8, 4) is 0 Å². The third-order valence-corrected chi connectivity index (χ3v) is 12.1. The number of amides is 3. The van der Waals surface area contributed by atoms with Gasteiger partial charge in [-0.3, -0.25) is 14.4 Å². The first-order valence-corrected chi connectivity index (χ1v) is 22.0. The molecule has 25 atom stereocenters. The molecule has 31 heteroatoms. The Morgan fingerprint density at radius 2 is 1.23 bits per heavy atom. The molecule has 0 bridgehead atoms. The van der Waals surface area contributed by atoms with Crippen molar-refractivity contribution in [2.24, 2.45) is 0 Å². The Balaban J connectivity index is 1.78. The quantitative estimate of drug-likeness (QED) is 0.0479. The van der Waals surface area contributed by atoms with Gasteiger partial charge in [0.05, 0.1) is 57.3 Å². The number of carbonyl (C=O) groups excluding carboxylic acids is 3. The van der Waals surface area contributed by atoms with Gasteiger partial charge in [-0.05, 0) is 6.92 Å². The van der Waals surface area contributed by atoms with Crippen molar-refractivity contribution in [1.29, 1.82) is 0 Å². The molecule has 0 aliphatic carbocycles. The molecule has 4 rings (SSSR count). The van der Waals surface area contributed by atoms with Crippen LogP contribution < -0.4 is 16.0 Å². The molecule has 0 aromatic heterocycles. The normalized spacial score (nSPS) is 40.7. The Morgan fingerprint density at radius 1 is 0.657 bits per heavy atom. The van der Waals surface area contributed by atoms with E-state index < -0.39 is 216 Å². The van der Waals surface area contributed by atoms with Crippen molar-refractivity contribution < 1.29 is 139 Å². The van der Waals surface area contributed by atoms with Crippen LogP contribution in [0.4, 0.5) is 0 Å². The van der Waals surface area contributed by atoms with Gasteiger partial charge in [0.1, 0.15) is 104 Å². The number of aliphatic hydroxyl groups excluding tert-OH is 15. The molecule has 0 unspecified atom stereocenters. The number of carboxylic acid groups (broad SMARTS) is 1. The zero-order valence-corrected chi connectivity index (χ0v) is 38.2. The number of ether oxygens (including phenoxy) is 8. The van der Waals surface area contributed by atoms with Gasteiger partial charge in [0.2, 0.25) is 17.7 Å². The highest BCUT2D eigenvalue weighted by molar-refractivity contribution is 5.76. The molecular formula is C39H67N3O28. The Kier molecular flexibility index (Phi) is 21.9. The van der Waals surface area contributed by atoms with Crippen LogP contribution in [0.2, 0.25) is 0 Å². The number of nitrogens with one attached hydrogen (secondary N) is 3. The van der Waals surface area contributed by atoms with E-state index in [1.165, 1.54) is 6.92 Å². The Bertz CT molecular complexity index is 1710. The summed E-state index contributed by atoms with van der Waals surface area (Å²) in [6.45, 7) is -1.41. The van der Waals surface area contributed by atoms with E-state index in [4.69, 9.17) is 37.9 Å². The first kappa shape index (κ1) is 59.5. The van der Waals surface area contributed by atoms with Crippen molar-refractivity contribution in [3.63, 3.8) is 0 Å². The number of carboxylic acids is 1. The molecule has 406 valence electrons. The molecular weight excluding hydrogens is 958 g/mol. The highest BCUT2D eigenvalue weighted by atomic mass is 16.8. The maximum absolute atomic E-state index is 12.8. The lowest BCUT2D eigenvalue weighted by atomic mass is 9.88. The molecule has 0 spiro atoms. The van der Waals surface area contributed by atoms with Gasteiger partial charge < -0.3 is 136 Å². The van der Waals surface area contributed by atoms with Crippen LogP contribution in [-0.2, 0) is 57.1 Å². The lowest BCUT2D eigenvalue weighted by Gasteiger charge is -2.50. The fourth-order valence-electron chi connectivity index (χ4n) is 8.35. The topological polar surface area (TPSA) is 502 Å². The molecule has 0 radical (unpaired) electrons. The lowest BCUT2D eigenvalue weighted by Crippen LogP contribution is -2.69. The molecule has 4 heterocycles. The number of hydrogen-bond acceptors (Lipinski definition) is 27. The molecule has 31 nitrogen and oxygen atoms in total. The minimum Gasteiger partial charge on any atom is -0.477 e. The van der Waals surface area contributed by atoms with Gasteiger partial charge in [-0.2, -0.15) is 0 Å². The minimum atomic E-state index is -3.06. The third-order valence-electron chi connectivity index (χ3n) is 12.1. The highest BCUT2D eigenvalue weighted by Crippen LogP contribution is 2.37. The van der Waals surface area contributed by atoms with Gasteiger partial charge in [-0.1, -0.05) is 0 Å². The molecule has 0 aromatic carbocycles. The average Bonchev–Trinajstić information content (AvgIpc) is 3.30. The Labute approximate surface area is 397 Å². The smallest absolute Gasteiger partial charge is 0.364 e. The number of aliphatic carboxylic acids is 1. The Morgan fingerprint density at radius 3 is 1.77 bits per heavy atom. The van der Waals surface area contributed by atoms with E-state index in [2.05, 4.69) is 16.0 Å². The van der Waals surface area contributed by atoms with Gasteiger partial charge in [-0.25, -0.2) is 4.79 Å². The number of carbonyl (C=O) groups is 4. The summed E-state index contributed by atoms with van der Waals surface area (Å²) in [5.41, 5.74) is 0. The van der Waals surface area contributed by atoms with Crippen LogP contribution >= 0.6 is 0 Å². The lowest BCUT2D eigenvalue weighted by molar-refractivity contribution is -0.392. The van der Waals surface area contributed by atoms with E-state index in [1.807, 2.05) is 0 Å². The highest BCUT2D eigenvalue weighted by Gasteiger charge is 2.58. The summed E-state index contributed by atoms with van der Waals surface area (Å²) >= 11 is 0. The van der Waals surface area contributed by atoms with Gasteiger partial charge in [0, 0.05) is 27.2 Å². The molecule has 4 fully saturated rings. The van der Waals surface area contributed by atoms with Crippen molar-refractivity contribution in [1.82, 2.24) is 16.0 Å². The molecule has 4 aliphatic heterocycles. The SMILES string of the molecule is CC(=O)N[C@H]1[C@@H](O[C@H]2[C@@H](O)[C@@H](CO)O[C@@H](O[C@@H]([C@@H](O)[C@H](O)CO[C@@]3(C(=O)O)C[C@H](O)[C@@H](NC(C)=O)[C@H]([C@H](O)[C@H](O)CO)O3)[C@H](CO)NC(C)=O)[C@@H]2O[C@H]2O[C@@H](C)[C@@H](O)[C@@H](O)[C@@H]2O)O[C@H](CO)[C@H](O)[C@@H]1O. The van der Waals surface area contributed by atoms with E-state index in [-0.39, 0.29) is 0 Å². The van der Waals surface area contributed by atoms with Gasteiger partial charge >= 0.3 is 5.97 Å². The average molecular weight is 1030 g/mol. The van der Waals surface area contributed by atoms with E-state index in [0.29, 0.717) is 0 Å². The van der Waals surface area contributed by atoms with E-state index >= 15 is 0 Å². The first-order valence-electron chi connectivity index (χ1n) is 22.0. The zero-order valence-electron chi connectivity index (χ0n) is 38.2. The number of aliphatic hydroxyl groups is 15.